The number of halogens is 4. The Balaban J connectivity index is 2.28. The molecule has 0 amide bonds. The molecular formula is C14H8BrCl3O. The largest absolute Gasteiger partial charge is 0.294 e. The zero-order valence-corrected chi connectivity index (χ0v) is 13.4. The van der Waals surface area contributed by atoms with E-state index in [1.54, 1.807) is 0 Å². The third kappa shape index (κ3) is 3.73. The van der Waals surface area contributed by atoms with Crippen LogP contribution >= 0.6 is 50.7 Å². The van der Waals surface area contributed by atoms with Crippen LogP contribution in [0.3, 0.4) is 0 Å². The van der Waals surface area contributed by atoms with E-state index >= 15 is 0 Å². The highest BCUT2D eigenvalue weighted by molar-refractivity contribution is 9.10. The summed E-state index contributed by atoms with van der Waals surface area (Å²) >= 11 is 21.2. The van der Waals surface area contributed by atoms with Gasteiger partial charge in [0.2, 0.25) is 0 Å². The van der Waals surface area contributed by atoms with Crippen LogP contribution in [0.5, 0.6) is 0 Å². The Kier molecular flexibility index (Phi) is 4.91. The summed E-state index contributed by atoms with van der Waals surface area (Å²) in [7, 11) is 0. The first-order chi connectivity index (χ1) is 8.97. The maximum atomic E-state index is 12.2. The molecule has 0 aliphatic carbocycles. The molecular weight excluding hydrogens is 370 g/mol. The predicted octanol–water partition coefficient (Wildman–Crippen LogP) is 5.83. The minimum absolute atomic E-state index is 0.131. The van der Waals surface area contributed by atoms with Crippen molar-refractivity contribution in [2.24, 2.45) is 0 Å². The standard InChI is InChI=1S/C14H8BrCl3O/c15-9-3-1-8(2-4-9)5-13(19)14-11(17)6-10(16)7-12(14)18/h1-4,6-7H,5H2. The van der Waals surface area contributed by atoms with Gasteiger partial charge >= 0.3 is 0 Å². The van der Waals surface area contributed by atoms with Gasteiger partial charge in [0, 0.05) is 15.9 Å². The first-order valence-corrected chi connectivity index (χ1v) is 7.32. The number of carbonyl (C=O) groups is 1. The minimum atomic E-state index is -0.131. The van der Waals surface area contributed by atoms with Gasteiger partial charge in [0.25, 0.3) is 0 Å². The lowest BCUT2D eigenvalue weighted by Crippen LogP contribution is -2.05. The summed E-state index contributed by atoms with van der Waals surface area (Å²) in [6.45, 7) is 0. The van der Waals surface area contributed by atoms with E-state index in [0.29, 0.717) is 10.6 Å². The van der Waals surface area contributed by atoms with Gasteiger partial charge in [0.05, 0.1) is 15.6 Å². The molecule has 0 fully saturated rings. The number of Topliss-reactive ketones (excluding diaryl/α,β-unsaturated/α-hetero) is 1. The molecule has 0 radical (unpaired) electrons. The van der Waals surface area contributed by atoms with Crippen LogP contribution in [-0.2, 0) is 6.42 Å². The topological polar surface area (TPSA) is 17.1 Å². The number of ketones is 1. The summed E-state index contributed by atoms with van der Waals surface area (Å²) in [6, 6.07) is 10.6. The molecule has 0 saturated carbocycles. The Morgan fingerprint density at radius 1 is 1.00 bits per heavy atom. The molecule has 0 aromatic heterocycles. The fourth-order valence-corrected chi connectivity index (χ4v) is 2.98. The van der Waals surface area contributed by atoms with Crippen molar-refractivity contribution in [2.45, 2.75) is 6.42 Å². The van der Waals surface area contributed by atoms with Gasteiger partial charge in [-0.1, -0.05) is 62.9 Å². The fourth-order valence-electron chi connectivity index (χ4n) is 1.68. The molecule has 0 atom stereocenters. The van der Waals surface area contributed by atoms with Crippen LogP contribution in [0.4, 0.5) is 0 Å². The van der Waals surface area contributed by atoms with Crippen LogP contribution in [0, 0.1) is 0 Å². The maximum Gasteiger partial charge on any atom is 0.170 e. The monoisotopic (exact) mass is 376 g/mol. The zero-order chi connectivity index (χ0) is 14.0. The average Bonchev–Trinajstić information content (AvgIpc) is 2.30. The van der Waals surface area contributed by atoms with Gasteiger partial charge in [0.15, 0.2) is 5.78 Å². The van der Waals surface area contributed by atoms with E-state index in [1.807, 2.05) is 24.3 Å². The molecule has 0 aliphatic rings. The van der Waals surface area contributed by atoms with Crippen LogP contribution in [-0.4, -0.2) is 5.78 Å². The van der Waals surface area contributed by atoms with Crippen LogP contribution in [0.15, 0.2) is 40.9 Å². The van der Waals surface area contributed by atoms with E-state index in [9.17, 15) is 4.79 Å². The lowest BCUT2D eigenvalue weighted by molar-refractivity contribution is 0.0993. The molecule has 2 rings (SSSR count). The number of hydrogen-bond donors (Lipinski definition) is 0. The van der Waals surface area contributed by atoms with Gasteiger partial charge in [-0.05, 0) is 29.8 Å². The summed E-state index contributed by atoms with van der Waals surface area (Å²) in [4.78, 5) is 12.2. The Morgan fingerprint density at radius 2 is 1.53 bits per heavy atom. The molecule has 0 bridgehead atoms. The Morgan fingerprint density at radius 3 is 2.05 bits per heavy atom. The lowest BCUT2D eigenvalue weighted by atomic mass is 10.0. The van der Waals surface area contributed by atoms with E-state index in [4.69, 9.17) is 34.8 Å². The second kappa shape index (κ2) is 6.27. The summed E-state index contributed by atoms with van der Waals surface area (Å²) < 4.78 is 0.964. The molecule has 1 nitrogen and oxygen atoms in total. The van der Waals surface area contributed by atoms with Crippen molar-refractivity contribution < 1.29 is 4.79 Å². The van der Waals surface area contributed by atoms with Crippen molar-refractivity contribution in [3.05, 3.63) is 67.1 Å². The van der Waals surface area contributed by atoms with Gasteiger partial charge < -0.3 is 0 Å². The number of rotatable bonds is 3. The fraction of sp³-hybridized carbons (Fsp3) is 0.0714. The highest BCUT2D eigenvalue weighted by Crippen LogP contribution is 2.30. The van der Waals surface area contributed by atoms with Crippen molar-refractivity contribution in [1.82, 2.24) is 0 Å². The van der Waals surface area contributed by atoms with Gasteiger partial charge in [-0.15, -0.1) is 0 Å². The number of carbonyl (C=O) groups excluding carboxylic acids is 1. The third-order valence-electron chi connectivity index (χ3n) is 2.56. The van der Waals surface area contributed by atoms with E-state index in [0.717, 1.165) is 10.0 Å². The van der Waals surface area contributed by atoms with Gasteiger partial charge in [0.1, 0.15) is 0 Å². The second-order valence-electron chi connectivity index (χ2n) is 3.97. The molecule has 0 spiro atoms. The quantitative estimate of drug-likeness (QED) is 0.614. The molecule has 0 N–H and O–H groups in total. The lowest BCUT2D eigenvalue weighted by Gasteiger charge is -2.07. The third-order valence-corrected chi connectivity index (χ3v) is 3.91. The summed E-state index contributed by atoms with van der Waals surface area (Å²) in [5.74, 6) is -0.131. The van der Waals surface area contributed by atoms with E-state index in [2.05, 4.69) is 15.9 Å². The maximum absolute atomic E-state index is 12.2. The molecule has 19 heavy (non-hydrogen) atoms. The molecule has 0 heterocycles. The molecule has 98 valence electrons. The Bertz CT molecular complexity index is 600. The van der Waals surface area contributed by atoms with Gasteiger partial charge in [-0.25, -0.2) is 0 Å². The molecule has 0 aliphatic heterocycles. The molecule has 2 aromatic rings. The summed E-state index contributed by atoms with van der Waals surface area (Å²) in [5.41, 5.74) is 1.21. The zero-order valence-electron chi connectivity index (χ0n) is 9.59. The SMILES string of the molecule is O=C(Cc1ccc(Br)cc1)c1c(Cl)cc(Cl)cc1Cl. The second-order valence-corrected chi connectivity index (χ2v) is 6.14. The average molecular weight is 378 g/mol. The number of benzene rings is 2. The molecule has 2 aromatic carbocycles. The Labute approximate surface area is 134 Å². The first-order valence-electron chi connectivity index (χ1n) is 5.39. The van der Waals surface area contributed by atoms with Gasteiger partial charge in [-0.2, -0.15) is 0 Å². The van der Waals surface area contributed by atoms with Crippen molar-refractivity contribution in [3.8, 4) is 0 Å². The van der Waals surface area contributed by atoms with E-state index < -0.39 is 0 Å². The molecule has 0 unspecified atom stereocenters. The predicted molar refractivity (Wildman–Crippen MR) is 83.6 cm³/mol. The van der Waals surface area contributed by atoms with Crippen molar-refractivity contribution in [2.75, 3.05) is 0 Å². The van der Waals surface area contributed by atoms with Crippen molar-refractivity contribution in [3.63, 3.8) is 0 Å². The van der Waals surface area contributed by atoms with Gasteiger partial charge in [-0.3, -0.25) is 4.79 Å². The van der Waals surface area contributed by atoms with Crippen molar-refractivity contribution >= 4 is 56.5 Å². The highest BCUT2D eigenvalue weighted by Gasteiger charge is 2.16. The number of hydrogen-bond acceptors (Lipinski definition) is 1. The van der Waals surface area contributed by atoms with Crippen LogP contribution < -0.4 is 0 Å². The molecule has 5 heteroatoms. The van der Waals surface area contributed by atoms with Crippen LogP contribution in [0.25, 0.3) is 0 Å². The highest BCUT2D eigenvalue weighted by atomic mass is 79.9. The van der Waals surface area contributed by atoms with Crippen molar-refractivity contribution in [1.29, 1.82) is 0 Å². The van der Waals surface area contributed by atoms with E-state index in [-0.39, 0.29) is 22.2 Å². The Hall–Kier alpha value is -0.540. The minimum Gasteiger partial charge on any atom is -0.294 e. The first kappa shape index (κ1) is 14.9. The van der Waals surface area contributed by atoms with E-state index in [1.165, 1.54) is 12.1 Å². The smallest absolute Gasteiger partial charge is 0.170 e. The normalized spacial score (nSPS) is 10.5. The van der Waals surface area contributed by atoms with Crippen LogP contribution in [0.2, 0.25) is 15.1 Å². The molecule has 0 saturated heterocycles. The summed E-state index contributed by atoms with van der Waals surface area (Å²) in [5, 5.41) is 0.967. The van der Waals surface area contributed by atoms with Crippen LogP contribution in [0.1, 0.15) is 15.9 Å². The summed E-state index contributed by atoms with van der Waals surface area (Å²) in [6.07, 6.45) is 0.244.